The fourth-order valence-corrected chi connectivity index (χ4v) is 4.35. The van der Waals surface area contributed by atoms with Crippen molar-refractivity contribution < 1.29 is 23.9 Å². The number of carbonyl (C=O) groups is 4. The van der Waals surface area contributed by atoms with Crippen LogP contribution in [0.3, 0.4) is 0 Å². The fraction of sp³-hybridized carbons (Fsp3) is 0.360. The average Bonchev–Trinajstić information content (AvgIpc) is 3.02. The van der Waals surface area contributed by atoms with Gasteiger partial charge in [-0.3, -0.25) is 24.1 Å². The zero-order valence-electron chi connectivity index (χ0n) is 18.1. The number of amides is 3. The molecular weight excluding hydrogens is 408 g/mol. The predicted molar refractivity (Wildman–Crippen MR) is 117 cm³/mol. The molecule has 7 heteroatoms. The van der Waals surface area contributed by atoms with E-state index < -0.39 is 5.97 Å². The van der Waals surface area contributed by atoms with Gasteiger partial charge in [0.1, 0.15) is 0 Å². The summed E-state index contributed by atoms with van der Waals surface area (Å²) in [7, 11) is 0. The Balaban J connectivity index is 1.21. The number of nitrogens with zero attached hydrogens (tertiary/aromatic N) is 1. The molecule has 32 heavy (non-hydrogen) atoms. The van der Waals surface area contributed by atoms with Crippen molar-refractivity contribution in [3.63, 3.8) is 0 Å². The molecule has 1 unspecified atom stereocenters. The van der Waals surface area contributed by atoms with Gasteiger partial charge in [0.25, 0.3) is 17.7 Å². The first-order valence-electron chi connectivity index (χ1n) is 10.9. The Morgan fingerprint density at radius 2 is 1.88 bits per heavy atom. The lowest BCUT2D eigenvalue weighted by molar-refractivity contribution is -0.148. The first-order valence-corrected chi connectivity index (χ1v) is 10.9. The molecule has 0 saturated carbocycles. The Morgan fingerprint density at radius 3 is 2.72 bits per heavy atom. The van der Waals surface area contributed by atoms with E-state index in [1.165, 1.54) is 5.56 Å². The van der Waals surface area contributed by atoms with Gasteiger partial charge in [0, 0.05) is 13.0 Å². The molecule has 0 saturated heterocycles. The minimum absolute atomic E-state index is 0.0198. The van der Waals surface area contributed by atoms with Crippen LogP contribution in [-0.2, 0) is 20.7 Å². The lowest BCUT2D eigenvalue weighted by Gasteiger charge is -2.26. The molecule has 2 aromatic rings. The van der Waals surface area contributed by atoms with E-state index in [9.17, 15) is 19.2 Å². The zero-order chi connectivity index (χ0) is 22.7. The van der Waals surface area contributed by atoms with E-state index in [0.29, 0.717) is 11.1 Å². The largest absolute Gasteiger partial charge is 0.456 e. The molecule has 0 spiro atoms. The Kier molecular flexibility index (Phi) is 6.35. The number of imide groups is 1. The summed E-state index contributed by atoms with van der Waals surface area (Å²) in [5.41, 5.74) is 4.06. The smallest absolute Gasteiger partial charge is 0.306 e. The standard InChI is InChI=1S/C25H26N2O5/c1-16-11-12-19-20(14-16)25(31)27(24(19)30)13-5-10-23(29)32-15-22(28)26-21-9-4-7-17-6-2-3-8-18(17)21/h2-3,6,8,11-12,14,21H,4-5,7,9-10,13,15H2,1H3,(H,26,28). The van der Waals surface area contributed by atoms with Gasteiger partial charge in [-0.15, -0.1) is 0 Å². The van der Waals surface area contributed by atoms with Gasteiger partial charge in [-0.05, 0) is 55.9 Å². The molecule has 0 fully saturated rings. The average molecular weight is 434 g/mol. The number of hydrogen-bond acceptors (Lipinski definition) is 5. The summed E-state index contributed by atoms with van der Waals surface area (Å²) in [6, 6.07) is 13.1. The molecule has 7 nitrogen and oxygen atoms in total. The molecule has 1 heterocycles. The van der Waals surface area contributed by atoms with Gasteiger partial charge in [-0.2, -0.15) is 0 Å². The monoisotopic (exact) mass is 434 g/mol. The highest BCUT2D eigenvalue weighted by Gasteiger charge is 2.35. The van der Waals surface area contributed by atoms with E-state index in [1.54, 1.807) is 18.2 Å². The normalized spacial score (nSPS) is 17.0. The van der Waals surface area contributed by atoms with Crippen molar-refractivity contribution in [3.8, 4) is 0 Å². The molecule has 3 amide bonds. The summed E-state index contributed by atoms with van der Waals surface area (Å²) in [5.74, 6) is -1.55. The van der Waals surface area contributed by atoms with Crippen LogP contribution in [0.4, 0.5) is 0 Å². The van der Waals surface area contributed by atoms with Crippen molar-refractivity contribution >= 4 is 23.7 Å². The number of benzene rings is 2. The van der Waals surface area contributed by atoms with Gasteiger partial charge in [0.15, 0.2) is 6.61 Å². The molecule has 0 bridgehead atoms. The molecule has 1 aliphatic heterocycles. The van der Waals surface area contributed by atoms with Gasteiger partial charge >= 0.3 is 5.97 Å². The third-order valence-electron chi connectivity index (χ3n) is 5.96. The maximum absolute atomic E-state index is 12.5. The van der Waals surface area contributed by atoms with Crippen LogP contribution < -0.4 is 5.32 Å². The summed E-state index contributed by atoms with van der Waals surface area (Å²) in [6.07, 6.45) is 3.16. The minimum atomic E-state index is -0.531. The summed E-state index contributed by atoms with van der Waals surface area (Å²) in [6.45, 7) is 1.65. The van der Waals surface area contributed by atoms with Crippen LogP contribution in [0.5, 0.6) is 0 Å². The minimum Gasteiger partial charge on any atom is -0.456 e. The van der Waals surface area contributed by atoms with E-state index >= 15 is 0 Å². The van der Waals surface area contributed by atoms with Crippen molar-refractivity contribution in [3.05, 3.63) is 70.3 Å². The van der Waals surface area contributed by atoms with Crippen molar-refractivity contribution in [2.75, 3.05) is 13.2 Å². The first-order chi connectivity index (χ1) is 15.4. The van der Waals surface area contributed by atoms with Crippen molar-refractivity contribution in [2.24, 2.45) is 0 Å². The number of aryl methyl sites for hydroxylation is 2. The second-order valence-electron chi connectivity index (χ2n) is 8.29. The molecule has 4 rings (SSSR count). The Labute approximate surface area is 186 Å². The molecule has 2 aromatic carbocycles. The number of rotatable bonds is 7. The van der Waals surface area contributed by atoms with E-state index in [1.807, 2.05) is 25.1 Å². The highest BCUT2D eigenvalue weighted by atomic mass is 16.5. The van der Waals surface area contributed by atoms with Crippen molar-refractivity contribution in [1.29, 1.82) is 0 Å². The summed E-state index contributed by atoms with van der Waals surface area (Å²) in [5, 5.41) is 2.94. The van der Waals surface area contributed by atoms with Crippen LogP contribution in [0.15, 0.2) is 42.5 Å². The van der Waals surface area contributed by atoms with Crippen LogP contribution in [0, 0.1) is 6.92 Å². The van der Waals surface area contributed by atoms with Crippen LogP contribution in [-0.4, -0.2) is 41.7 Å². The quantitative estimate of drug-likeness (QED) is 0.534. The molecule has 0 aromatic heterocycles. The lowest BCUT2D eigenvalue weighted by atomic mass is 9.88. The second kappa shape index (κ2) is 9.34. The molecule has 1 aliphatic carbocycles. The number of nitrogens with one attached hydrogen (secondary N) is 1. The molecule has 0 radical (unpaired) electrons. The Hall–Kier alpha value is -3.48. The van der Waals surface area contributed by atoms with Crippen molar-refractivity contribution in [2.45, 2.75) is 45.1 Å². The van der Waals surface area contributed by atoms with Crippen LogP contribution in [0.2, 0.25) is 0 Å². The second-order valence-corrected chi connectivity index (χ2v) is 8.29. The highest BCUT2D eigenvalue weighted by Crippen LogP contribution is 2.29. The molecule has 1 atom stereocenters. The Bertz CT molecular complexity index is 1080. The van der Waals surface area contributed by atoms with Gasteiger partial charge in [0.2, 0.25) is 0 Å². The summed E-state index contributed by atoms with van der Waals surface area (Å²) in [4.78, 5) is 50.4. The molecule has 2 aliphatic rings. The molecular formula is C25H26N2O5. The number of fused-ring (bicyclic) bond motifs is 2. The lowest BCUT2D eigenvalue weighted by Crippen LogP contribution is -2.34. The van der Waals surface area contributed by atoms with Gasteiger partial charge in [-0.25, -0.2) is 0 Å². The first kappa shape index (κ1) is 21.7. The van der Waals surface area contributed by atoms with Gasteiger partial charge < -0.3 is 10.1 Å². The van der Waals surface area contributed by atoms with Crippen molar-refractivity contribution in [1.82, 2.24) is 10.2 Å². The predicted octanol–water partition coefficient (Wildman–Crippen LogP) is 3.11. The van der Waals surface area contributed by atoms with E-state index in [2.05, 4.69) is 11.4 Å². The number of ether oxygens (including phenoxy) is 1. The van der Waals surface area contributed by atoms with E-state index in [-0.39, 0.29) is 49.8 Å². The summed E-state index contributed by atoms with van der Waals surface area (Å²) < 4.78 is 5.09. The fourth-order valence-electron chi connectivity index (χ4n) is 4.35. The Morgan fingerprint density at radius 1 is 1.09 bits per heavy atom. The molecule has 166 valence electrons. The van der Waals surface area contributed by atoms with Gasteiger partial charge in [-0.1, -0.05) is 35.9 Å². The zero-order valence-corrected chi connectivity index (χ0v) is 18.1. The highest BCUT2D eigenvalue weighted by molar-refractivity contribution is 6.21. The summed E-state index contributed by atoms with van der Waals surface area (Å²) >= 11 is 0. The van der Waals surface area contributed by atoms with Crippen LogP contribution in [0.1, 0.15) is 69.1 Å². The third kappa shape index (κ3) is 4.56. The number of carbonyl (C=O) groups excluding carboxylic acids is 4. The van der Waals surface area contributed by atoms with Gasteiger partial charge in [0.05, 0.1) is 17.2 Å². The van der Waals surface area contributed by atoms with Crippen LogP contribution in [0.25, 0.3) is 0 Å². The number of hydrogen-bond donors (Lipinski definition) is 1. The molecule has 1 N–H and O–H groups in total. The van der Waals surface area contributed by atoms with E-state index in [4.69, 9.17) is 4.74 Å². The SMILES string of the molecule is Cc1ccc2c(c1)C(=O)N(CCCC(=O)OCC(=O)NC1CCCc3ccccc31)C2=O. The third-order valence-corrected chi connectivity index (χ3v) is 5.96. The van der Waals surface area contributed by atoms with E-state index in [0.717, 1.165) is 35.3 Å². The maximum Gasteiger partial charge on any atom is 0.306 e. The maximum atomic E-state index is 12.5. The number of esters is 1. The topological polar surface area (TPSA) is 92.8 Å². The van der Waals surface area contributed by atoms with Crippen LogP contribution >= 0.6 is 0 Å².